The molecule has 7 nitrogen and oxygen atoms in total. The molecule has 2 N–H and O–H groups in total. The molecule has 2 aliphatic heterocycles. The summed E-state index contributed by atoms with van der Waals surface area (Å²) in [4.78, 5) is 15.3. The standard InChI is InChI=1S/C29H32FN3O4S/c1-20-7-12-28(21-5-3-2-4-6-21)38(37)33(20)19-22-8-9-23(17-26(22)30)31-13-15-32(16-14-31)24-10-11-25(29(35)36)27(34)18-24/h2-6,8-11,17-18,20,28,34H,7,12-16,19H2,1H3,(H,35,36)/t20-,28+,38?/m0/s1. The van der Waals surface area contributed by atoms with Gasteiger partial charge in [0.2, 0.25) is 0 Å². The minimum Gasteiger partial charge on any atom is -0.507 e. The summed E-state index contributed by atoms with van der Waals surface area (Å²) >= 11 is 0. The van der Waals surface area contributed by atoms with E-state index in [1.54, 1.807) is 18.2 Å². The number of nitrogens with zero attached hydrogens (tertiary/aromatic N) is 3. The normalized spacial score (nSPS) is 22.4. The lowest BCUT2D eigenvalue weighted by Gasteiger charge is -2.38. The Morgan fingerprint density at radius 1 is 0.947 bits per heavy atom. The van der Waals surface area contributed by atoms with Gasteiger partial charge in [-0.3, -0.25) is 0 Å². The van der Waals surface area contributed by atoms with Crippen LogP contribution in [0.5, 0.6) is 5.75 Å². The topological polar surface area (TPSA) is 84.3 Å². The summed E-state index contributed by atoms with van der Waals surface area (Å²) < 4.78 is 30.6. The van der Waals surface area contributed by atoms with E-state index < -0.39 is 17.0 Å². The number of aromatic hydroxyl groups is 1. The molecular weight excluding hydrogens is 505 g/mol. The van der Waals surface area contributed by atoms with Crippen molar-refractivity contribution in [2.75, 3.05) is 36.0 Å². The van der Waals surface area contributed by atoms with E-state index >= 15 is 4.39 Å². The fourth-order valence-corrected chi connectivity index (χ4v) is 7.08. The molecule has 3 atom stereocenters. The second-order valence-corrected chi connectivity index (χ2v) is 11.5. The quantitative estimate of drug-likeness (QED) is 0.463. The highest BCUT2D eigenvalue weighted by atomic mass is 32.2. The Kier molecular flexibility index (Phi) is 7.67. The third-order valence-corrected chi connectivity index (χ3v) is 9.51. The molecule has 0 amide bonds. The molecule has 3 aromatic rings. The highest BCUT2D eigenvalue weighted by molar-refractivity contribution is 7.83. The Morgan fingerprint density at radius 3 is 2.18 bits per heavy atom. The lowest BCUT2D eigenvalue weighted by molar-refractivity contribution is 0.0693. The highest BCUT2D eigenvalue weighted by Crippen LogP contribution is 2.36. The summed E-state index contributed by atoms with van der Waals surface area (Å²) in [6.07, 6.45) is 1.76. The SMILES string of the molecule is C[C@H]1CC[C@H](c2ccccc2)S(=O)N1Cc1ccc(N2CCN(c3ccc(C(=O)O)c(O)c3)CC2)cc1F. The van der Waals surface area contributed by atoms with Gasteiger partial charge in [-0.1, -0.05) is 36.4 Å². The van der Waals surface area contributed by atoms with Crippen molar-refractivity contribution in [1.29, 1.82) is 0 Å². The van der Waals surface area contributed by atoms with Crippen molar-refractivity contribution in [3.8, 4) is 5.75 Å². The van der Waals surface area contributed by atoms with E-state index in [4.69, 9.17) is 5.11 Å². The Balaban J connectivity index is 1.23. The fourth-order valence-electron chi connectivity index (χ4n) is 5.30. The maximum atomic E-state index is 15.3. The second-order valence-electron chi connectivity index (χ2n) is 9.93. The molecule has 5 rings (SSSR count). The first kappa shape index (κ1) is 26.2. The number of carboxylic acids is 1. The number of carboxylic acid groups (broad SMARTS) is 1. The summed E-state index contributed by atoms with van der Waals surface area (Å²) in [6, 6.07) is 19.9. The molecule has 0 aliphatic carbocycles. The van der Waals surface area contributed by atoms with Gasteiger partial charge >= 0.3 is 5.97 Å². The molecule has 200 valence electrons. The Morgan fingerprint density at radius 2 is 1.58 bits per heavy atom. The molecule has 38 heavy (non-hydrogen) atoms. The van der Waals surface area contributed by atoms with Gasteiger partial charge < -0.3 is 20.0 Å². The van der Waals surface area contributed by atoms with E-state index in [2.05, 4.69) is 16.7 Å². The van der Waals surface area contributed by atoms with Crippen molar-refractivity contribution in [1.82, 2.24) is 4.31 Å². The van der Waals surface area contributed by atoms with Crippen molar-refractivity contribution in [3.05, 3.63) is 89.2 Å². The van der Waals surface area contributed by atoms with Crippen LogP contribution < -0.4 is 9.80 Å². The Labute approximate surface area is 224 Å². The van der Waals surface area contributed by atoms with E-state index in [0.717, 1.165) is 29.8 Å². The maximum absolute atomic E-state index is 15.3. The van der Waals surface area contributed by atoms with Crippen LogP contribution in [0.2, 0.25) is 0 Å². The number of phenols is 1. The van der Waals surface area contributed by atoms with E-state index in [9.17, 15) is 14.1 Å². The molecule has 2 heterocycles. The number of rotatable bonds is 6. The molecule has 2 fully saturated rings. The minimum absolute atomic E-state index is 0.0757. The zero-order valence-corrected chi connectivity index (χ0v) is 22.1. The van der Waals surface area contributed by atoms with Gasteiger partial charge in [0.05, 0.1) is 5.25 Å². The van der Waals surface area contributed by atoms with Crippen LogP contribution >= 0.6 is 0 Å². The average molecular weight is 538 g/mol. The molecular formula is C29H32FN3O4S. The number of aromatic carboxylic acids is 1. The number of benzene rings is 3. The van der Waals surface area contributed by atoms with Crippen LogP contribution in [0.4, 0.5) is 15.8 Å². The first-order chi connectivity index (χ1) is 18.3. The van der Waals surface area contributed by atoms with Gasteiger partial charge in [0.25, 0.3) is 0 Å². The zero-order chi connectivity index (χ0) is 26.8. The summed E-state index contributed by atoms with van der Waals surface area (Å²) in [5.74, 6) is -1.72. The molecule has 9 heteroatoms. The summed E-state index contributed by atoms with van der Waals surface area (Å²) in [5.41, 5.74) is 3.03. The van der Waals surface area contributed by atoms with Gasteiger partial charge in [-0.25, -0.2) is 17.7 Å². The van der Waals surface area contributed by atoms with Gasteiger partial charge in [-0.15, -0.1) is 0 Å². The highest BCUT2D eigenvalue weighted by Gasteiger charge is 2.34. The van der Waals surface area contributed by atoms with E-state index in [-0.39, 0.29) is 28.4 Å². The first-order valence-corrected chi connectivity index (χ1v) is 14.1. The molecule has 0 bridgehead atoms. The number of hydrogen-bond acceptors (Lipinski definition) is 5. The number of anilines is 2. The van der Waals surface area contributed by atoms with Crippen LogP contribution in [0.25, 0.3) is 0 Å². The van der Waals surface area contributed by atoms with Crippen LogP contribution in [0.3, 0.4) is 0 Å². The van der Waals surface area contributed by atoms with Gasteiger partial charge in [-0.2, -0.15) is 0 Å². The lowest BCUT2D eigenvalue weighted by Crippen LogP contribution is -2.46. The number of halogens is 1. The van der Waals surface area contributed by atoms with Gasteiger partial charge in [0, 0.05) is 61.8 Å². The smallest absolute Gasteiger partial charge is 0.339 e. The van der Waals surface area contributed by atoms with Crippen molar-refractivity contribution < 1.29 is 23.6 Å². The third-order valence-electron chi connectivity index (χ3n) is 7.57. The van der Waals surface area contributed by atoms with Crippen molar-refractivity contribution in [2.24, 2.45) is 0 Å². The third kappa shape index (κ3) is 5.39. The van der Waals surface area contributed by atoms with Crippen LogP contribution in [0.15, 0.2) is 66.7 Å². The molecule has 3 aromatic carbocycles. The number of carbonyl (C=O) groups is 1. The van der Waals surface area contributed by atoms with Crippen molar-refractivity contribution in [3.63, 3.8) is 0 Å². The molecule has 0 aromatic heterocycles. The molecule has 1 unspecified atom stereocenters. The van der Waals surface area contributed by atoms with E-state index in [1.165, 1.54) is 12.1 Å². The Hall–Kier alpha value is -3.43. The van der Waals surface area contributed by atoms with E-state index in [0.29, 0.717) is 38.3 Å². The lowest BCUT2D eigenvalue weighted by atomic mass is 10.0. The minimum atomic E-state index is -1.24. The number of hydrogen-bond donors (Lipinski definition) is 2. The van der Waals surface area contributed by atoms with Crippen LogP contribution in [0, 0.1) is 5.82 Å². The van der Waals surface area contributed by atoms with E-state index in [1.807, 2.05) is 40.7 Å². The van der Waals surface area contributed by atoms with Gasteiger partial charge in [0.15, 0.2) is 0 Å². The van der Waals surface area contributed by atoms with Crippen molar-refractivity contribution >= 4 is 28.3 Å². The van der Waals surface area contributed by atoms with Crippen LogP contribution in [-0.4, -0.2) is 56.9 Å². The maximum Gasteiger partial charge on any atom is 0.339 e. The second kappa shape index (κ2) is 11.1. The molecule has 2 aliphatic rings. The number of piperazine rings is 1. The van der Waals surface area contributed by atoms with Crippen LogP contribution in [0.1, 0.15) is 46.5 Å². The molecule has 0 spiro atoms. The van der Waals surface area contributed by atoms with Gasteiger partial charge in [0.1, 0.15) is 28.1 Å². The zero-order valence-electron chi connectivity index (χ0n) is 21.3. The fraction of sp³-hybridized carbons (Fsp3) is 0.345. The summed E-state index contributed by atoms with van der Waals surface area (Å²) in [6.45, 7) is 4.98. The molecule has 0 saturated carbocycles. The first-order valence-electron chi connectivity index (χ1n) is 12.9. The molecule has 0 radical (unpaired) electrons. The largest absolute Gasteiger partial charge is 0.507 e. The molecule has 2 saturated heterocycles. The summed E-state index contributed by atoms with van der Waals surface area (Å²) in [7, 11) is -1.24. The predicted molar refractivity (Wildman–Crippen MR) is 147 cm³/mol. The predicted octanol–water partition coefficient (Wildman–Crippen LogP) is 4.95. The Bertz CT molecular complexity index is 1330. The van der Waals surface area contributed by atoms with Crippen molar-refractivity contribution in [2.45, 2.75) is 37.6 Å². The van der Waals surface area contributed by atoms with Crippen LogP contribution in [-0.2, 0) is 17.5 Å². The van der Waals surface area contributed by atoms with Gasteiger partial charge in [-0.05, 0) is 49.6 Å². The monoisotopic (exact) mass is 537 g/mol. The average Bonchev–Trinajstić information content (AvgIpc) is 2.92. The summed E-state index contributed by atoms with van der Waals surface area (Å²) in [5, 5.41) is 19.1.